The van der Waals surface area contributed by atoms with Crippen LogP contribution in [-0.4, -0.2) is 44.7 Å². The zero-order chi connectivity index (χ0) is 13.0. The standard InChI is InChI=1S/C14H21FN2O/c1-11-3-4-13(18-2)12(14(11)15)5-8-17-9-6-16-7-10-17/h3-4,16H,5-10H2,1-2H3. The molecular formula is C14H21FN2O. The average molecular weight is 252 g/mol. The van der Waals surface area contributed by atoms with Gasteiger partial charge < -0.3 is 15.0 Å². The van der Waals surface area contributed by atoms with E-state index in [2.05, 4.69) is 10.2 Å². The first-order valence-electron chi connectivity index (χ1n) is 6.47. The van der Waals surface area contributed by atoms with Gasteiger partial charge in [-0.05, 0) is 25.0 Å². The molecule has 18 heavy (non-hydrogen) atoms. The molecule has 100 valence electrons. The Bertz CT molecular complexity index is 403. The molecule has 1 aromatic carbocycles. The van der Waals surface area contributed by atoms with E-state index in [0.717, 1.165) is 32.7 Å². The van der Waals surface area contributed by atoms with Gasteiger partial charge in [-0.15, -0.1) is 0 Å². The summed E-state index contributed by atoms with van der Waals surface area (Å²) >= 11 is 0. The van der Waals surface area contributed by atoms with Crippen LogP contribution in [0.4, 0.5) is 4.39 Å². The van der Waals surface area contributed by atoms with Gasteiger partial charge in [0.05, 0.1) is 7.11 Å². The Hall–Kier alpha value is -1.13. The molecule has 2 rings (SSSR count). The van der Waals surface area contributed by atoms with Gasteiger partial charge in [-0.1, -0.05) is 6.07 Å². The van der Waals surface area contributed by atoms with E-state index in [-0.39, 0.29) is 5.82 Å². The lowest BCUT2D eigenvalue weighted by Gasteiger charge is -2.27. The molecular weight excluding hydrogens is 231 g/mol. The number of benzene rings is 1. The van der Waals surface area contributed by atoms with Gasteiger partial charge in [-0.2, -0.15) is 0 Å². The molecule has 0 aliphatic carbocycles. The minimum atomic E-state index is -0.121. The highest BCUT2D eigenvalue weighted by Gasteiger charge is 2.15. The Morgan fingerprint density at radius 1 is 1.33 bits per heavy atom. The zero-order valence-corrected chi connectivity index (χ0v) is 11.1. The second-order valence-corrected chi connectivity index (χ2v) is 4.72. The molecule has 0 saturated carbocycles. The highest BCUT2D eigenvalue weighted by atomic mass is 19.1. The van der Waals surface area contributed by atoms with Crippen LogP contribution >= 0.6 is 0 Å². The van der Waals surface area contributed by atoms with Crippen molar-refractivity contribution in [3.05, 3.63) is 29.1 Å². The first-order valence-corrected chi connectivity index (χ1v) is 6.47. The molecule has 1 N–H and O–H groups in total. The van der Waals surface area contributed by atoms with Crippen molar-refractivity contribution in [3.63, 3.8) is 0 Å². The fourth-order valence-corrected chi connectivity index (χ4v) is 2.35. The Morgan fingerprint density at radius 3 is 2.72 bits per heavy atom. The van der Waals surface area contributed by atoms with Crippen LogP contribution in [-0.2, 0) is 6.42 Å². The molecule has 0 spiro atoms. The molecule has 1 aliphatic rings. The van der Waals surface area contributed by atoms with E-state index in [1.165, 1.54) is 0 Å². The van der Waals surface area contributed by atoms with Gasteiger partial charge >= 0.3 is 0 Å². The number of nitrogens with zero attached hydrogens (tertiary/aromatic N) is 1. The van der Waals surface area contributed by atoms with Gasteiger partial charge in [-0.25, -0.2) is 4.39 Å². The Labute approximate surface area is 108 Å². The number of methoxy groups -OCH3 is 1. The number of hydrogen-bond acceptors (Lipinski definition) is 3. The lowest BCUT2D eigenvalue weighted by Crippen LogP contribution is -2.44. The van der Waals surface area contributed by atoms with Gasteiger partial charge in [0.2, 0.25) is 0 Å². The molecule has 0 radical (unpaired) electrons. The monoisotopic (exact) mass is 252 g/mol. The number of halogens is 1. The predicted octanol–water partition coefficient (Wildman–Crippen LogP) is 1.59. The van der Waals surface area contributed by atoms with Crippen molar-refractivity contribution in [2.75, 3.05) is 39.8 Å². The highest BCUT2D eigenvalue weighted by Crippen LogP contribution is 2.24. The van der Waals surface area contributed by atoms with E-state index in [1.807, 2.05) is 6.07 Å². The van der Waals surface area contributed by atoms with E-state index < -0.39 is 0 Å². The van der Waals surface area contributed by atoms with Gasteiger partial charge in [-0.3, -0.25) is 0 Å². The third kappa shape index (κ3) is 3.00. The minimum absolute atomic E-state index is 0.121. The van der Waals surface area contributed by atoms with Crippen molar-refractivity contribution >= 4 is 0 Å². The quantitative estimate of drug-likeness (QED) is 0.880. The summed E-state index contributed by atoms with van der Waals surface area (Å²) in [5.74, 6) is 0.540. The maximum atomic E-state index is 14.1. The normalized spacial score (nSPS) is 16.8. The number of ether oxygens (including phenoxy) is 1. The minimum Gasteiger partial charge on any atom is -0.496 e. The Kier molecular flexibility index (Phi) is 4.55. The molecule has 1 saturated heterocycles. The number of rotatable bonds is 4. The molecule has 0 bridgehead atoms. The molecule has 0 amide bonds. The maximum Gasteiger partial charge on any atom is 0.133 e. The predicted molar refractivity (Wildman–Crippen MR) is 70.7 cm³/mol. The molecule has 0 aromatic heterocycles. The summed E-state index contributed by atoms with van der Waals surface area (Å²) in [5, 5.41) is 3.32. The van der Waals surface area contributed by atoms with Crippen LogP contribution < -0.4 is 10.1 Å². The van der Waals surface area contributed by atoms with E-state index in [4.69, 9.17) is 4.74 Å². The van der Waals surface area contributed by atoms with Crippen LogP contribution in [0.1, 0.15) is 11.1 Å². The molecule has 4 heteroatoms. The summed E-state index contributed by atoms with van der Waals surface area (Å²) in [6.07, 6.45) is 0.705. The molecule has 1 fully saturated rings. The molecule has 0 atom stereocenters. The van der Waals surface area contributed by atoms with Crippen LogP contribution in [0.5, 0.6) is 5.75 Å². The molecule has 1 aromatic rings. The van der Waals surface area contributed by atoms with Gasteiger partial charge in [0.15, 0.2) is 0 Å². The lowest BCUT2D eigenvalue weighted by molar-refractivity contribution is 0.242. The van der Waals surface area contributed by atoms with Crippen LogP contribution in [0.3, 0.4) is 0 Å². The first kappa shape index (κ1) is 13.3. The van der Waals surface area contributed by atoms with Gasteiger partial charge in [0, 0.05) is 38.3 Å². The van der Waals surface area contributed by atoms with Crippen molar-refractivity contribution in [2.45, 2.75) is 13.3 Å². The van der Waals surface area contributed by atoms with Crippen LogP contribution in [0, 0.1) is 12.7 Å². The van der Waals surface area contributed by atoms with Crippen molar-refractivity contribution in [1.82, 2.24) is 10.2 Å². The largest absolute Gasteiger partial charge is 0.496 e. The molecule has 3 nitrogen and oxygen atoms in total. The highest BCUT2D eigenvalue weighted by molar-refractivity contribution is 5.38. The fraction of sp³-hybridized carbons (Fsp3) is 0.571. The number of piperazine rings is 1. The van der Waals surface area contributed by atoms with Crippen LogP contribution in [0.25, 0.3) is 0 Å². The van der Waals surface area contributed by atoms with E-state index in [9.17, 15) is 4.39 Å². The topological polar surface area (TPSA) is 24.5 Å². The summed E-state index contributed by atoms with van der Waals surface area (Å²) < 4.78 is 19.3. The van der Waals surface area contributed by atoms with E-state index in [0.29, 0.717) is 23.3 Å². The smallest absolute Gasteiger partial charge is 0.133 e. The fourth-order valence-electron chi connectivity index (χ4n) is 2.35. The molecule has 0 unspecified atom stereocenters. The summed E-state index contributed by atoms with van der Waals surface area (Å²) in [4.78, 5) is 2.36. The third-order valence-electron chi connectivity index (χ3n) is 3.50. The maximum absolute atomic E-state index is 14.1. The summed E-state index contributed by atoms with van der Waals surface area (Å²) in [7, 11) is 1.60. The molecule has 1 aliphatic heterocycles. The van der Waals surface area contributed by atoms with Crippen LogP contribution in [0.15, 0.2) is 12.1 Å². The average Bonchev–Trinajstić information content (AvgIpc) is 2.41. The number of nitrogens with one attached hydrogen (secondary N) is 1. The number of aryl methyl sites for hydroxylation is 1. The SMILES string of the molecule is COc1ccc(C)c(F)c1CCN1CCNCC1. The van der Waals surface area contributed by atoms with Crippen LogP contribution in [0.2, 0.25) is 0 Å². The second-order valence-electron chi connectivity index (χ2n) is 4.72. The second kappa shape index (κ2) is 6.16. The lowest BCUT2D eigenvalue weighted by atomic mass is 10.1. The van der Waals surface area contributed by atoms with Crippen molar-refractivity contribution < 1.29 is 9.13 Å². The third-order valence-corrected chi connectivity index (χ3v) is 3.50. The van der Waals surface area contributed by atoms with Crippen molar-refractivity contribution in [1.29, 1.82) is 0 Å². The molecule has 1 heterocycles. The van der Waals surface area contributed by atoms with Crippen molar-refractivity contribution in [3.8, 4) is 5.75 Å². The van der Waals surface area contributed by atoms with E-state index in [1.54, 1.807) is 20.1 Å². The van der Waals surface area contributed by atoms with Gasteiger partial charge in [0.25, 0.3) is 0 Å². The zero-order valence-electron chi connectivity index (χ0n) is 11.1. The summed E-state index contributed by atoms with van der Waals surface area (Å²) in [6, 6.07) is 3.62. The Balaban J connectivity index is 2.05. The summed E-state index contributed by atoms with van der Waals surface area (Å²) in [6.45, 7) is 6.80. The van der Waals surface area contributed by atoms with E-state index >= 15 is 0 Å². The summed E-state index contributed by atoms with van der Waals surface area (Å²) in [5.41, 5.74) is 1.39. The number of hydrogen-bond donors (Lipinski definition) is 1. The van der Waals surface area contributed by atoms with Gasteiger partial charge in [0.1, 0.15) is 11.6 Å². The van der Waals surface area contributed by atoms with Crippen molar-refractivity contribution in [2.24, 2.45) is 0 Å². The Morgan fingerprint density at radius 2 is 2.06 bits per heavy atom. The first-order chi connectivity index (χ1) is 8.72.